The summed E-state index contributed by atoms with van der Waals surface area (Å²) in [6.07, 6.45) is 0. The van der Waals surface area contributed by atoms with E-state index in [0.717, 1.165) is 0 Å². The van der Waals surface area contributed by atoms with Crippen molar-refractivity contribution in [3.8, 4) is 0 Å². The van der Waals surface area contributed by atoms with E-state index in [1.165, 1.54) is 42.5 Å². The van der Waals surface area contributed by atoms with Crippen molar-refractivity contribution >= 4 is 15.9 Å². The van der Waals surface area contributed by atoms with Gasteiger partial charge in [-0.3, -0.25) is 4.79 Å². The van der Waals surface area contributed by atoms with Crippen LogP contribution in [0.4, 0.5) is 4.39 Å². The van der Waals surface area contributed by atoms with Crippen molar-refractivity contribution in [3.05, 3.63) is 65.5 Å². The van der Waals surface area contributed by atoms with E-state index >= 15 is 0 Å². The second kappa shape index (κ2) is 8.88. The number of amides is 1. The molecule has 8 heteroatoms. The van der Waals surface area contributed by atoms with Gasteiger partial charge in [0.1, 0.15) is 5.82 Å². The number of benzene rings is 2. The van der Waals surface area contributed by atoms with E-state index in [9.17, 15) is 17.6 Å². The average molecular weight is 379 g/mol. The molecule has 0 radical (unpaired) electrons. The highest BCUT2D eigenvalue weighted by Gasteiger charge is 2.21. The van der Waals surface area contributed by atoms with Gasteiger partial charge in [-0.1, -0.05) is 24.3 Å². The van der Waals surface area contributed by atoms with Crippen LogP contribution >= 0.6 is 0 Å². The maximum absolute atomic E-state index is 13.8. The minimum Gasteiger partial charge on any atom is -0.351 e. The number of carbonyl (C=O) groups is 1. The summed E-state index contributed by atoms with van der Waals surface area (Å²) in [5.74, 6) is -0.847. The SMILES string of the molecule is CNCCNC(=O)c1cccc(S(=O)(=O)N[C@H](C)c2ccccc2F)c1. The van der Waals surface area contributed by atoms with Crippen LogP contribution in [0.5, 0.6) is 0 Å². The first-order valence-corrected chi connectivity index (χ1v) is 9.63. The van der Waals surface area contributed by atoms with E-state index in [1.807, 2.05) is 0 Å². The standard InChI is InChI=1S/C18H22FN3O3S/c1-13(16-8-3-4-9-17(16)19)22-26(24,25)15-7-5-6-14(12-15)18(23)21-11-10-20-2/h3-9,12-13,20,22H,10-11H2,1-2H3,(H,21,23)/t13-/m1/s1. The molecule has 3 N–H and O–H groups in total. The van der Waals surface area contributed by atoms with Crippen molar-refractivity contribution in [2.45, 2.75) is 17.9 Å². The first-order valence-electron chi connectivity index (χ1n) is 8.15. The van der Waals surface area contributed by atoms with Crippen molar-refractivity contribution in [3.63, 3.8) is 0 Å². The summed E-state index contributed by atoms with van der Waals surface area (Å²) in [5, 5.41) is 5.59. The van der Waals surface area contributed by atoms with Crippen LogP contribution < -0.4 is 15.4 Å². The summed E-state index contributed by atoms with van der Waals surface area (Å²) in [5.41, 5.74) is 0.486. The van der Waals surface area contributed by atoms with E-state index in [4.69, 9.17) is 0 Å². The molecular weight excluding hydrogens is 357 g/mol. The molecule has 0 aliphatic heterocycles. The first kappa shape index (κ1) is 20.0. The molecule has 0 aliphatic rings. The molecule has 0 unspecified atom stereocenters. The van der Waals surface area contributed by atoms with Crippen LogP contribution in [0.1, 0.15) is 28.9 Å². The fourth-order valence-electron chi connectivity index (χ4n) is 2.40. The Morgan fingerprint density at radius 2 is 1.85 bits per heavy atom. The Kier molecular flexibility index (Phi) is 6.84. The van der Waals surface area contributed by atoms with Crippen LogP contribution in [-0.2, 0) is 10.0 Å². The first-order chi connectivity index (χ1) is 12.3. The summed E-state index contributed by atoms with van der Waals surface area (Å²) >= 11 is 0. The Hall–Kier alpha value is -2.29. The molecule has 0 heterocycles. The number of hydrogen-bond donors (Lipinski definition) is 3. The second-order valence-electron chi connectivity index (χ2n) is 5.75. The van der Waals surface area contributed by atoms with Gasteiger partial charge >= 0.3 is 0 Å². The lowest BCUT2D eigenvalue weighted by atomic mass is 10.1. The molecule has 2 rings (SSSR count). The largest absolute Gasteiger partial charge is 0.351 e. The third-order valence-electron chi connectivity index (χ3n) is 3.77. The van der Waals surface area contributed by atoms with E-state index in [1.54, 1.807) is 20.0 Å². The number of nitrogens with one attached hydrogen (secondary N) is 3. The quantitative estimate of drug-likeness (QED) is 0.611. The van der Waals surface area contributed by atoms with Gasteiger partial charge in [-0.25, -0.2) is 17.5 Å². The Morgan fingerprint density at radius 3 is 2.54 bits per heavy atom. The highest BCUT2D eigenvalue weighted by Crippen LogP contribution is 2.20. The Morgan fingerprint density at radius 1 is 1.12 bits per heavy atom. The van der Waals surface area contributed by atoms with E-state index in [0.29, 0.717) is 13.1 Å². The van der Waals surface area contributed by atoms with Gasteiger partial charge in [0.15, 0.2) is 0 Å². The number of likely N-dealkylation sites (N-methyl/N-ethyl adjacent to an activating group) is 1. The van der Waals surface area contributed by atoms with Crippen LogP contribution in [0.15, 0.2) is 53.4 Å². The third kappa shape index (κ3) is 5.10. The zero-order chi connectivity index (χ0) is 19.2. The van der Waals surface area contributed by atoms with Crippen LogP contribution in [0, 0.1) is 5.82 Å². The Balaban J connectivity index is 2.17. The van der Waals surface area contributed by atoms with Gasteiger partial charge in [0.05, 0.1) is 4.90 Å². The Bertz CT molecular complexity index is 871. The van der Waals surface area contributed by atoms with Gasteiger partial charge in [0, 0.05) is 30.3 Å². The molecule has 2 aromatic carbocycles. The fourth-order valence-corrected chi connectivity index (χ4v) is 3.67. The normalized spacial score (nSPS) is 12.6. The van der Waals surface area contributed by atoms with Crippen molar-refractivity contribution < 1.29 is 17.6 Å². The molecule has 0 spiro atoms. The number of sulfonamides is 1. The molecule has 6 nitrogen and oxygen atoms in total. The van der Waals surface area contributed by atoms with Crippen molar-refractivity contribution in [1.82, 2.24) is 15.4 Å². The Labute approximate surface area is 152 Å². The molecule has 0 bridgehead atoms. The van der Waals surface area contributed by atoms with Gasteiger partial charge in [0.25, 0.3) is 5.91 Å². The second-order valence-corrected chi connectivity index (χ2v) is 7.47. The van der Waals surface area contributed by atoms with Crippen molar-refractivity contribution in [2.75, 3.05) is 20.1 Å². The highest BCUT2D eigenvalue weighted by atomic mass is 32.2. The number of halogens is 1. The maximum atomic E-state index is 13.8. The van der Waals surface area contributed by atoms with Crippen LogP contribution in [0.2, 0.25) is 0 Å². The van der Waals surface area contributed by atoms with Gasteiger partial charge < -0.3 is 10.6 Å². The molecule has 2 aromatic rings. The molecule has 1 amide bonds. The summed E-state index contributed by atoms with van der Waals surface area (Å²) in [7, 11) is -2.15. The lowest BCUT2D eigenvalue weighted by molar-refractivity contribution is 0.0954. The zero-order valence-electron chi connectivity index (χ0n) is 14.6. The summed E-state index contributed by atoms with van der Waals surface area (Å²) < 4.78 is 41.5. The summed E-state index contributed by atoms with van der Waals surface area (Å²) in [6.45, 7) is 2.59. The van der Waals surface area contributed by atoms with E-state index in [2.05, 4.69) is 15.4 Å². The van der Waals surface area contributed by atoms with Crippen LogP contribution in [0.3, 0.4) is 0 Å². The summed E-state index contributed by atoms with van der Waals surface area (Å²) in [6, 6.07) is 10.9. The van der Waals surface area contributed by atoms with Gasteiger partial charge in [0.2, 0.25) is 10.0 Å². The lowest BCUT2D eigenvalue weighted by Crippen LogP contribution is -2.31. The topological polar surface area (TPSA) is 87.3 Å². The van der Waals surface area contributed by atoms with Gasteiger partial charge in [-0.2, -0.15) is 0 Å². The molecule has 0 saturated carbocycles. The number of rotatable bonds is 8. The lowest BCUT2D eigenvalue weighted by Gasteiger charge is -2.15. The molecule has 0 saturated heterocycles. The highest BCUT2D eigenvalue weighted by molar-refractivity contribution is 7.89. The van der Waals surface area contributed by atoms with E-state index in [-0.39, 0.29) is 21.9 Å². The van der Waals surface area contributed by atoms with E-state index < -0.39 is 21.9 Å². The minimum absolute atomic E-state index is 0.0537. The third-order valence-corrected chi connectivity index (χ3v) is 5.31. The molecule has 0 fully saturated rings. The average Bonchev–Trinajstić information content (AvgIpc) is 2.62. The molecule has 140 valence electrons. The maximum Gasteiger partial charge on any atom is 0.251 e. The van der Waals surface area contributed by atoms with Crippen molar-refractivity contribution in [2.24, 2.45) is 0 Å². The molecular formula is C18H22FN3O3S. The fraction of sp³-hybridized carbons (Fsp3) is 0.278. The van der Waals surface area contributed by atoms with Crippen LogP contribution in [0.25, 0.3) is 0 Å². The predicted octanol–water partition coefficient (Wildman–Crippen LogP) is 1.81. The summed E-state index contributed by atoms with van der Waals surface area (Å²) in [4.78, 5) is 12.0. The minimum atomic E-state index is -3.91. The van der Waals surface area contributed by atoms with Gasteiger partial charge in [-0.15, -0.1) is 0 Å². The molecule has 0 aromatic heterocycles. The number of carbonyl (C=O) groups excluding carboxylic acids is 1. The molecule has 26 heavy (non-hydrogen) atoms. The van der Waals surface area contributed by atoms with Crippen LogP contribution in [-0.4, -0.2) is 34.5 Å². The zero-order valence-corrected chi connectivity index (χ0v) is 15.4. The molecule has 1 atom stereocenters. The van der Waals surface area contributed by atoms with Crippen molar-refractivity contribution in [1.29, 1.82) is 0 Å². The van der Waals surface area contributed by atoms with Gasteiger partial charge in [-0.05, 0) is 38.2 Å². The smallest absolute Gasteiger partial charge is 0.251 e. The monoisotopic (exact) mass is 379 g/mol. The predicted molar refractivity (Wildman–Crippen MR) is 97.8 cm³/mol. The number of hydrogen-bond acceptors (Lipinski definition) is 4. The molecule has 0 aliphatic carbocycles.